The van der Waals surface area contributed by atoms with Crippen LogP contribution in [0.5, 0.6) is 0 Å². The van der Waals surface area contributed by atoms with E-state index in [0.29, 0.717) is 10.6 Å². The van der Waals surface area contributed by atoms with Crippen molar-refractivity contribution < 1.29 is 9.18 Å². The van der Waals surface area contributed by atoms with E-state index in [1.165, 1.54) is 24.3 Å². The van der Waals surface area contributed by atoms with Gasteiger partial charge < -0.3 is 0 Å². The van der Waals surface area contributed by atoms with Gasteiger partial charge >= 0.3 is 0 Å². The molecule has 0 fully saturated rings. The SMILES string of the molecule is O=C(C=Cc1ccc(Cl)cc1)c1cccc(F)c1. The molecule has 3 heteroatoms. The van der Waals surface area contributed by atoms with Gasteiger partial charge in [-0.05, 0) is 35.9 Å². The Kier molecular flexibility index (Phi) is 3.90. The van der Waals surface area contributed by atoms with E-state index in [0.717, 1.165) is 5.56 Å². The molecule has 0 saturated carbocycles. The van der Waals surface area contributed by atoms with E-state index < -0.39 is 5.82 Å². The minimum absolute atomic E-state index is 0.232. The summed E-state index contributed by atoms with van der Waals surface area (Å²) in [7, 11) is 0. The number of halogens is 2. The second-order valence-electron chi connectivity index (χ2n) is 3.76. The number of carbonyl (C=O) groups is 1. The fourth-order valence-electron chi connectivity index (χ4n) is 1.48. The Labute approximate surface area is 110 Å². The van der Waals surface area contributed by atoms with Crippen LogP contribution in [-0.2, 0) is 0 Å². The Balaban J connectivity index is 2.14. The molecule has 0 aromatic heterocycles. The predicted octanol–water partition coefficient (Wildman–Crippen LogP) is 4.38. The van der Waals surface area contributed by atoms with E-state index in [4.69, 9.17) is 11.6 Å². The van der Waals surface area contributed by atoms with Gasteiger partial charge in [0.1, 0.15) is 5.82 Å². The average Bonchev–Trinajstić information content (AvgIpc) is 2.38. The number of hydrogen-bond donors (Lipinski definition) is 0. The van der Waals surface area contributed by atoms with Crippen molar-refractivity contribution in [2.45, 2.75) is 0 Å². The lowest BCUT2D eigenvalue weighted by atomic mass is 10.1. The molecule has 2 aromatic rings. The number of hydrogen-bond acceptors (Lipinski definition) is 1. The lowest BCUT2D eigenvalue weighted by Gasteiger charge is -1.96. The van der Waals surface area contributed by atoms with E-state index in [9.17, 15) is 9.18 Å². The van der Waals surface area contributed by atoms with Crippen LogP contribution in [0.4, 0.5) is 4.39 Å². The number of rotatable bonds is 3. The standard InChI is InChI=1S/C15H10ClFO/c16-13-7-4-11(5-8-13)6-9-15(18)12-2-1-3-14(17)10-12/h1-10H. The van der Waals surface area contributed by atoms with Crippen molar-refractivity contribution in [2.24, 2.45) is 0 Å². The number of carbonyl (C=O) groups excluding carboxylic acids is 1. The van der Waals surface area contributed by atoms with Crippen molar-refractivity contribution in [3.8, 4) is 0 Å². The topological polar surface area (TPSA) is 17.1 Å². The van der Waals surface area contributed by atoms with Crippen molar-refractivity contribution in [3.63, 3.8) is 0 Å². The van der Waals surface area contributed by atoms with Gasteiger partial charge in [0, 0.05) is 10.6 Å². The van der Waals surface area contributed by atoms with Crippen molar-refractivity contribution in [1.82, 2.24) is 0 Å². The smallest absolute Gasteiger partial charge is 0.185 e. The Hall–Kier alpha value is -1.93. The second kappa shape index (κ2) is 5.61. The van der Waals surface area contributed by atoms with E-state index in [1.54, 1.807) is 36.4 Å². The average molecular weight is 261 g/mol. The predicted molar refractivity (Wildman–Crippen MR) is 71.2 cm³/mol. The van der Waals surface area contributed by atoms with E-state index in [1.807, 2.05) is 0 Å². The maximum Gasteiger partial charge on any atom is 0.185 e. The number of allylic oxidation sites excluding steroid dienone is 1. The Bertz CT molecular complexity index is 588. The summed E-state index contributed by atoms with van der Waals surface area (Å²) in [6, 6.07) is 12.7. The number of ketones is 1. The molecular weight excluding hydrogens is 251 g/mol. The third-order valence-corrected chi connectivity index (χ3v) is 2.66. The van der Waals surface area contributed by atoms with Gasteiger partial charge in [-0.1, -0.05) is 41.9 Å². The Morgan fingerprint density at radius 3 is 2.50 bits per heavy atom. The molecule has 0 aliphatic carbocycles. The highest BCUT2D eigenvalue weighted by atomic mass is 35.5. The maximum atomic E-state index is 12.9. The summed E-state index contributed by atoms with van der Waals surface area (Å²) in [5.74, 6) is -0.648. The van der Waals surface area contributed by atoms with Crippen LogP contribution in [0.15, 0.2) is 54.6 Å². The molecule has 0 spiro atoms. The fraction of sp³-hybridized carbons (Fsp3) is 0. The molecule has 18 heavy (non-hydrogen) atoms. The zero-order valence-electron chi connectivity index (χ0n) is 9.44. The summed E-state index contributed by atoms with van der Waals surface area (Å²) >= 11 is 5.75. The molecule has 1 nitrogen and oxygen atoms in total. The van der Waals surface area contributed by atoms with E-state index >= 15 is 0 Å². The molecule has 0 N–H and O–H groups in total. The summed E-state index contributed by atoms with van der Waals surface area (Å²) < 4.78 is 12.9. The normalized spacial score (nSPS) is 10.8. The van der Waals surface area contributed by atoms with Crippen LogP contribution in [0, 0.1) is 5.82 Å². The highest BCUT2D eigenvalue weighted by Gasteiger charge is 2.02. The van der Waals surface area contributed by atoms with Crippen LogP contribution < -0.4 is 0 Å². The summed E-state index contributed by atoms with van der Waals surface area (Å²) in [4.78, 5) is 11.8. The first-order chi connectivity index (χ1) is 8.65. The first-order valence-electron chi connectivity index (χ1n) is 5.39. The van der Waals surface area contributed by atoms with Crippen molar-refractivity contribution in [3.05, 3.63) is 76.6 Å². The molecule has 0 saturated heterocycles. The molecular formula is C15H10ClFO. The van der Waals surface area contributed by atoms with Gasteiger partial charge in [-0.2, -0.15) is 0 Å². The van der Waals surface area contributed by atoms with Crippen LogP contribution in [0.3, 0.4) is 0 Å². The third-order valence-electron chi connectivity index (χ3n) is 2.41. The molecule has 0 atom stereocenters. The molecule has 2 rings (SSSR count). The van der Waals surface area contributed by atoms with Crippen LogP contribution in [-0.4, -0.2) is 5.78 Å². The highest BCUT2D eigenvalue weighted by molar-refractivity contribution is 6.30. The van der Waals surface area contributed by atoms with E-state index in [-0.39, 0.29) is 5.78 Å². The van der Waals surface area contributed by atoms with Gasteiger partial charge in [-0.3, -0.25) is 4.79 Å². The highest BCUT2D eigenvalue weighted by Crippen LogP contribution is 2.11. The molecule has 0 heterocycles. The largest absolute Gasteiger partial charge is 0.289 e. The van der Waals surface area contributed by atoms with Gasteiger partial charge in [-0.25, -0.2) is 4.39 Å². The molecule has 0 aliphatic heterocycles. The monoisotopic (exact) mass is 260 g/mol. The zero-order valence-corrected chi connectivity index (χ0v) is 10.2. The molecule has 90 valence electrons. The summed E-state index contributed by atoms with van der Waals surface area (Å²) in [5.41, 5.74) is 1.20. The van der Waals surface area contributed by atoms with Crippen molar-refractivity contribution in [2.75, 3.05) is 0 Å². The molecule has 0 aliphatic rings. The van der Waals surface area contributed by atoms with Crippen LogP contribution in [0.25, 0.3) is 6.08 Å². The summed E-state index contributed by atoms with van der Waals surface area (Å²) in [5, 5.41) is 0.642. The molecule has 0 bridgehead atoms. The first-order valence-corrected chi connectivity index (χ1v) is 5.76. The van der Waals surface area contributed by atoms with Crippen molar-refractivity contribution >= 4 is 23.5 Å². The van der Waals surface area contributed by atoms with Crippen molar-refractivity contribution in [1.29, 1.82) is 0 Å². The quantitative estimate of drug-likeness (QED) is 0.591. The molecule has 0 radical (unpaired) electrons. The van der Waals surface area contributed by atoms with E-state index in [2.05, 4.69) is 0 Å². The minimum atomic E-state index is -0.416. The van der Waals surface area contributed by atoms with Gasteiger partial charge in [-0.15, -0.1) is 0 Å². The minimum Gasteiger partial charge on any atom is -0.289 e. The maximum absolute atomic E-state index is 12.9. The fourth-order valence-corrected chi connectivity index (χ4v) is 1.61. The molecule has 0 unspecified atom stereocenters. The lowest BCUT2D eigenvalue weighted by molar-refractivity contribution is 0.104. The molecule has 0 amide bonds. The first kappa shape index (κ1) is 12.5. The van der Waals surface area contributed by atoms with Gasteiger partial charge in [0.2, 0.25) is 0 Å². The van der Waals surface area contributed by atoms with Crippen LogP contribution in [0.1, 0.15) is 15.9 Å². The molecule has 2 aromatic carbocycles. The zero-order chi connectivity index (χ0) is 13.0. The summed E-state index contributed by atoms with van der Waals surface area (Å²) in [6.45, 7) is 0. The lowest BCUT2D eigenvalue weighted by Crippen LogP contribution is -1.94. The third kappa shape index (κ3) is 3.28. The van der Waals surface area contributed by atoms with Gasteiger partial charge in [0.05, 0.1) is 0 Å². The van der Waals surface area contributed by atoms with Crippen LogP contribution in [0.2, 0.25) is 5.02 Å². The summed E-state index contributed by atoms with van der Waals surface area (Å²) in [6.07, 6.45) is 3.08. The van der Waals surface area contributed by atoms with Gasteiger partial charge in [0.25, 0.3) is 0 Å². The Morgan fingerprint density at radius 1 is 1.11 bits per heavy atom. The second-order valence-corrected chi connectivity index (χ2v) is 4.20. The van der Waals surface area contributed by atoms with Crippen LogP contribution >= 0.6 is 11.6 Å². The Morgan fingerprint density at radius 2 is 1.83 bits per heavy atom. The van der Waals surface area contributed by atoms with Gasteiger partial charge in [0.15, 0.2) is 5.78 Å². The number of benzene rings is 2.